The lowest BCUT2D eigenvalue weighted by molar-refractivity contribution is 0.0944. The highest BCUT2D eigenvalue weighted by molar-refractivity contribution is 5.96. The molecule has 1 aliphatic carbocycles. The van der Waals surface area contributed by atoms with Crippen LogP contribution in [0, 0.1) is 5.82 Å². The second-order valence-electron chi connectivity index (χ2n) is 8.01. The molecule has 1 fully saturated rings. The van der Waals surface area contributed by atoms with Crippen molar-refractivity contribution >= 4 is 16.8 Å². The predicted octanol–water partition coefficient (Wildman–Crippen LogP) is 3.66. The zero-order valence-electron chi connectivity index (χ0n) is 18.2. The van der Waals surface area contributed by atoms with Crippen molar-refractivity contribution in [2.45, 2.75) is 25.2 Å². The minimum Gasteiger partial charge on any atom is -0.385 e. The van der Waals surface area contributed by atoms with E-state index in [1.165, 1.54) is 6.07 Å². The SMILES string of the molecule is COCCCNC(=O)c1cc2c(cn1)c(C1CC1)nn2-c1ncc(-c2ccccc2F)cn1. The first-order valence-electron chi connectivity index (χ1n) is 10.9. The number of methoxy groups -OCH3 is 1. The molecule has 0 saturated heterocycles. The van der Waals surface area contributed by atoms with Gasteiger partial charge < -0.3 is 10.1 Å². The van der Waals surface area contributed by atoms with Gasteiger partial charge in [0.05, 0.1) is 11.2 Å². The van der Waals surface area contributed by atoms with E-state index in [-0.39, 0.29) is 11.7 Å². The number of nitrogens with one attached hydrogen (secondary N) is 1. The highest BCUT2D eigenvalue weighted by Gasteiger charge is 2.30. The van der Waals surface area contributed by atoms with Crippen LogP contribution in [0.4, 0.5) is 4.39 Å². The summed E-state index contributed by atoms with van der Waals surface area (Å²) in [6, 6.07) is 8.22. The number of aromatic nitrogens is 5. The molecule has 3 heterocycles. The van der Waals surface area contributed by atoms with Crippen molar-refractivity contribution in [1.82, 2.24) is 30.0 Å². The number of hydrogen-bond donors (Lipinski definition) is 1. The van der Waals surface area contributed by atoms with Crippen LogP contribution in [-0.2, 0) is 4.74 Å². The number of rotatable bonds is 8. The predicted molar refractivity (Wildman–Crippen MR) is 121 cm³/mol. The molecule has 1 saturated carbocycles. The Morgan fingerprint density at radius 2 is 1.97 bits per heavy atom. The maximum absolute atomic E-state index is 14.1. The highest BCUT2D eigenvalue weighted by atomic mass is 19.1. The summed E-state index contributed by atoms with van der Waals surface area (Å²) >= 11 is 0. The van der Waals surface area contributed by atoms with Gasteiger partial charge in [-0.15, -0.1) is 0 Å². The molecule has 9 heteroatoms. The Balaban J connectivity index is 1.49. The molecule has 3 aromatic heterocycles. The van der Waals surface area contributed by atoms with Crippen molar-refractivity contribution in [3.63, 3.8) is 0 Å². The third-order valence-electron chi connectivity index (χ3n) is 5.61. The Morgan fingerprint density at radius 1 is 1.18 bits per heavy atom. The number of benzene rings is 1. The van der Waals surface area contributed by atoms with E-state index in [1.54, 1.807) is 54.6 Å². The molecule has 33 heavy (non-hydrogen) atoms. The van der Waals surface area contributed by atoms with Crippen molar-refractivity contribution in [2.75, 3.05) is 20.3 Å². The van der Waals surface area contributed by atoms with E-state index < -0.39 is 0 Å². The summed E-state index contributed by atoms with van der Waals surface area (Å²) in [5, 5.41) is 8.49. The number of amides is 1. The average Bonchev–Trinajstić information content (AvgIpc) is 3.62. The van der Waals surface area contributed by atoms with Gasteiger partial charge in [-0.1, -0.05) is 18.2 Å². The number of pyridine rings is 1. The monoisotopic (exact) mass is 446 g/mol. The number of hydrogen-bond acceptors (Lipinski definition) is 6. The summed E-state index contributed by atoms with van der Waals surface area (Å²) in [6.45, 7) is 1.07. The first-order valence-corrected chi connectivity index (χ1v) is 10.9. The van der Waals surface area contributed by atoms with Crippen LogP contribution in [0.1, 0.15) is 41.4 Å². The largest absolute Gasteiger partial charge is 0.385 e. The van der Waals surface area contributed by atoms with Crippen LogP contribution in [0.15, 0.2) is 48.9 Å². The van der Waals surface area contributed by atoms with Crippen LogP contribution in [-0.4, -0.2) is 50.9 Å². The second kappa shape index (κ2) is 9.03. The van der Waals surface area contributed by atoms with E-state index in [0.29, 0.717) is 47.4 Å². The maximum atomic E-state index is 14.1. The van der Waals surface area contributed by atoms with Gasteiger partial charge in [0, 0.05) is 61.3 Å². The first-order chi connectivity index (χ1) is 16.2. The van der Waals surface area contributed by atoms with Crippen LogP contribution in [0.3, 0.4) is 0 Å². The van der Waals surface area contributed by atoms with Crippen LogP contribution >= 0.6 is 0 Å². The van der Waals surface area contributed by atoms with Crippen LogP contribution in [0.2, 0.25) is 0 Å². The van der Waals surface area contributed by atoms with Crippen molar-refractivity contribution in [1.29, 1.82) is 0 Å². The lowest BCUT2D eigenvalue weighted by Gasteiger charge is -2.06. The summed E-state index contributed by atoms with van der Waals surface area (Å²) in [5.74, 6) is 0.137. The fourth-order valence-electron chi connectivity index (χ4n) is 3.74. The summed E-state index contributed by atoms with van der Waals surface area (Å²) in [7, 11) is 1.63. The van der Waals surface area contributed by atoms with Crippen molar-refractivity contribution in [3.8, 4) is 17.1 Å². The minimum atomic E-state index is -0.332. The Bertz CT molecular complexity index is 1300. The lowest BCUT2D eigenvalue weighted by atomic mass is 10.1. The van der Waals surface area contributed by atoms with E-state index >= 15 is 0 Å². The van der Waals surface area contributed by atoms with E-state index in [9.17, 15) is 9.18 Å². The van der Waals surface area contributed by atoms with Gasteiger partial charge in [-0.2, -0.15) is 9.78 Å². The van der Waals surface area contributed by atoms with Gasteiger partial charge in [-0.3, -0.25) is 9.78 Å². The number of fused-ring (bicyclic) bond motifs is 1. The van der Waals surface area contributed by atoms with Gasteiger partial charge >= 0.3 is 0 Å². The van der Waals surface area contributed by atoms with Gasteiger partial charge in [0.15, 0.2) is 0 Å². The fraction of sp³-hybridized carbons (Fsp3) is 0.292. The quantitative estimate of drug-likeness (QED) is 0.415. The van der Waals surface area contributed by atoms with E-state index in [0.717, 1.165) is 30.3 Å². The number of carbonyl (C=O) groups is 1. The molecule has 1 N–H and O–H groups in total. The van der Waals surface area contributed by atoms with Gasteiger partial charge in [-0.05, 0) is 31.4 Å². The normalized spacial score (nSPS) is 13.4. The molecule has 1 aromatic carbocycles. The van der Waals surface area contributed by atoms with Crippen molar-refractivity contribution in [2.24, 2.45) is 0 Å². The zero-order chi connectivity index (χ0) is 22.8. The molecule has 0 bridgehead atoms. The maximum Gasteiger partial charge on any atom is 0.269 e. The molecule has 0 unspecified atom stereocenters. The molecule has 4 aromatic rings. The molecule has 0 spiro atoms. The average molecular weight is 446 g/mol. The Hall–Kier alpha value is -3.72. The van der Waals surface area contributed by atoms with Crippen LogP contribution in [0.5, 0.6) is 0 Å². The van der Waals surface area contributed by atoms with Crippen LogP contribution in [0.25, 0.3) is 28.0 Å². The van der Waals surface area contributed by atoms with Gasteiger partial charge in [-0.25, -0.2) is 14.4 Å². The third kappa shape index (κ3) is 4.31. The smallest absolute Gasteiger partial charge is 0.269 e. The summed E-state index contributed by atoms with van der Waals surface area (Å²) < 4.78 is 20.8. The van der Waals surface area contributed by atoms with E-state index in [1.807, 2.05) is 0 Å². The fourth-order valence-corrected chi connectivity index (χ4v) is 3.74. The molecular weight excluding hydrogens is 423 g/mol. The molecule has 8 nitrogen and oxygen atoms in total. The molecule has 5 rings (SSSR count). The van der Waals surface area contributed by atoms with E-state index in [2.05, 4.69) is 20.3 Å². The highest BCUT2D eigenvalue weighted by Crippen LogP contribution is 2.42. The van der Waals surface area contributed by atoms with Gasteiger partial charge in [0.2, 0.25) is 0 Å². The zero-order valence-corrected chi connectivity index (χ0v) is 18.2. The van der Waals surface area contributed by atoms with E-state index in [4.69, 9.17) is 9.84 Å². The lowest BCUT2D eigenvalue weighted by Crippen LogP contribution is -2.26. The molecule has 1 amide bonds. The Morgan fingerprint density at radius 3 is 2.70 bits per heavy atom. The number of carbonyl (C=O) groups excluding carboxylic acids is 1. The minimum absolute atomic E-state index is 0.260. The first kappa shape index (κ1) is 21.1. The number of ether oxygens (including phenoxy) is 1. The molecule has 0 radical (unpaired) electrons. The number of halogens is 1. The van der Waals surface area contributed by atoms with Crippen molar-refractivity contribution < 1.29 is 13.9 Å². The third-order valence-corrected chi connectivity index (χ3v) is 5.61. The number of nitrogens with zero attached hydrogens (tertiary/aromatic N) is 5. The Labute approximate surface area is 189 Å². The van der Waals surface area contributed by atoms with Gasteiger partial charge in [0.1, 0.15) is 11.5 Å². The molecule has 0 atom stereocenters. The van der Waals surface area contributed by atoms with Crippen molar-refractivity contribution in [3.05, 3.63) is 66.1 Å². The van der Waals surface area contributed by atoms with Gasteiger partial charge in [0.25, 0.3) is 11.9 Å². The summed E-state index contributed by atoms with van der Waals surface area (Å²) in [5.41, 5.74) is 2.96. The van der Waals surface area contributed by atoms with Crippen LogP contribution < -0.4 is 5.32 Å². The topological polar surface area (TPSA) is 94.8 Å². The molecular formula is C24H23FN6O2. The Kier molecular flexibility index (Phi) is 5.78. The summed E-state index contributed by atoms with van der Waals surface area (Å²) in [6.07, 6.45) is 7.72. The summed E-state index contributed by atoms with van der Waals surface area (Å²) in [4.78, 5) is 25.8. The molecule has 168 valence electrons. The second-order valence-corrected chi connectivity index (χ2v) is 8.01. The molecule has 0 aliphatic heterocycles. The molecule has 1 aliphatic rings. The standard InChI is InChI=1S/C24H23FN6O2/c1-33-10-4-9-26-23(32)20-11-21-18(14-27-20)22(15-7-8-15)30-31(21)24-28-12-16(13-29-24)17-5-2-3-6-19(17)25/h2-3,5-6,11-15H,4,7-10H2,1H3,(H,26,32).